The molecule has 30 heavy (non-hydrogen) atoms. The molecule has 2 amide bonds. The fraction of sp³-hybridized carbons (Fsp3) is 0.263. The van der Waals surface area contributed by atoms with Crippen molar-refractivity contribution in [2.75, 3.05) is 10.6 Å². The summed E-state index contributed by atoms with van der Waals surface area (Å²) >= 11 is 0. The summed E-state index contributed by atoms with van der Waals surface area (Å²) in [6.07, 6.45) is -6.34. The maximum Gasteiger partial charge on any atom is 0.460 e. The Hall–Kier alpha value is -3.11. The van der Waals surface area contributed by atoms with Gasteiger partial charge in [0.1, 0.15) is 0 Å². The minimum atomic E-state index is -6.64. The number of halogens is 7. The van der Waals surface area contributed by atoms with Gasteiger partial charge in [-0.15, -0.1) is 0 Å². The highest BCUT2D eigenvalue weighted by Gasteiger charge is 2.76. The van der Waals surface area contributed by atoms with Gasteiger partial charge in [-0.1, -0.05) is 42.5 Å². The van der Waals surface area contributed by atoms with Crippen LogP contribution in [0.2, 0.25) is 0 Å². The Labute approximate surface area is 166 Å². The molecule has 0 spiro atoms. The van der Waals surface area contributed by atoms with E-state index in [-0.39, 0.29) is 12.1 Å². The lowest BCUT2D eigenvalue weighted by atomic mass is 10.1. The molecule has 0 saturated carbocycles. The zero-order chi connectivity index (χ0) is 22.6. The predicted octanol–water partition coefficient (Wildman–Crippen LogP) is 5.03. The van der Waals surface area contributed by atoms with Gasteiger partial charge in [-0.3, -0.25) is 9.59 Å². The summed E-state index contributed by atoms with van der Waals surface area (Å²) in [5.41, 5.74) is 0.0338. The lowest BCUT2D eigenvalue weighted by Gasteiger charge is -2.27. The standard InChI is InChI=1S/C19H15F7N2O2/c20-17(21,18(22,23)19(24,25)26)16(30)28-14-9-5-4-8-13(14)27-15(29)11-10-12-6-2-1-3-7-12/h1-9H,10-11H2,(H,27,29)(H,28,30). The smallest absolute Gasteiger partial charge is 0.324 e. The van der Waals surface area contributed by atoms with Crippen LogP contribution < -0.4 is 10.6 Å². The van der Waals surface area contributed by atoms with Gasteiger partial charge in [0, 0.05) is 6.42 Å². The topological polar surface area (TPSA) is 58.2 Å². The first kappa shape index (κ1) is 23.2. The van der Waals surface area contributed by atoms with Crippen LogP contribution in [0.1, 0.15) is 12.0 Å². The van der Waals surface area contributed by atoms with Gasteiger partial charge in [0.05, 0.1) is 11.4 Å². The molecule has 0 bridgehead atoms. The number of rotatable bonds is 7. The first-order chi connectivity index (χ1) is 13.9. The number of anilines is 2. The molecule has 0 aliphatic carbocycles. The summed E-state index contributed by atoms with van der Waals surface area (Å²) in [4.78, 5) is 23.6. The number of para-hydroxylation sites is 2. The summed E-state index contributed by atoms with van der Waals surface area (Å²) in [5, 5.41) is 3.62. The molecular weight excluding hydrogens is 421 g/mol. The van der Waals surface area contributed by atoms with Gasteiger partial charge < -0.3 is 10.6 Å². The van der Waals surface area contributed by atoms with E-state index in [1.54, 1.807) is 30.3 Å². The fourth-order valence-corrected chi connectivity index (χ4v) is 2.34. The summed E-state index contributed by atoms with van der Waals surface area (Å²) in [7, 11) is 0. The molecule has 0 saturated heterocycles. The van der Waals surface area contributed by atoms with E-state index in [2.05, 4.69) is 5.32 Å². The second-order valence-corrected chi connectivity index (χ2v) is 6.18. The van der Waals surface area contributed by atoms with Crippen molar-refractivity contribution in [3.05, 3.63) is 60.2 Å². The average Bonchev–Trinajstić information content (AvgIpc) is 2.67. The van der Waals surface area contributed by atoms with Crippen LogP contribution in [0.25, 0.3) is 0 Å². The number of alkyl halides is 7. The van der Waals surface area contributed by atoms with Crippen molar-refractivity contribution in [1.29, 1.82) is 0 Å². The van der Waals surface area contributed by atoms with Crippen molar-refractivity contribution in [2.45, 2.75) is 30.9 Å². The minimum Gasteiger partial charge on any atom is -0.324 e. The molecular formula is C19H15F7N2O2. The molecule has 162 valence electrons. The van der Waals surface area contributed by atoms with Crippen molar-refractivity contribution >= 4 is 23.2 Å². The first-order valence-corrected chi connectivity index (χ1v) is 8.43. The number of benzene rings is 2. The van der Waals surface area contributed by atoms with Crippen molar-refractivity contribution < 1.29 is 40.3 Å². The largest absolute Gasteiger partial charge is 0.460 e. The molecule has 0 radical (unpaired) electrons. The Bertz CT molecular complexity index is 899. The van der Waals surface area contributed by atoms with Crippen LogP contribution in [0.15, 0.2) is 54.6 Å². The van der Waals surface area contributed by atoms with Crippen LogP contribution in [-0.2, 0) is 16.0 Å². The Balaban J connectivity index is 2.11. The maximum atomic E-state index is 13.5. The monoisotopic (exact) mass is 436 g/mol. The molecule has 4 nitrogen and oxygen atoms in total. The van der Waals surface area contributed by atoms with Gasteiger partial charge in [-0.2, -0.15) is 30.7 Å². The second kappa shape index (κ2) is 8.72. The molecule has 0 fully saturated rings. The van der Waals surface area contributed by atoms with E-state index in [0.29, 0.717) is 6.42 Å². The van der Waals surface area contributed by atoms with E-state index in [1.807, 2.05) is 0 Å². The normalized spacial score (nSPS) is 12.4. The molecule has 2 aromatic carbocycles. The van der Waals surface area contributed by atoms with Gasteiger partial charge in [0.15, 0.2) is 0 Å². The lowest BCUT2D eigenvalue weighted by Crippen LogP contribution is -2.57. The minimum absolute atomic E-state index is 0.0331. The highest BCUT2D eigenvalue weighted by atomic mass is 19.4. The van der Waals surface area contributed by atoms with Crippen molar-refractivity contribution in [3.63, 3.8) is 0 Å². The quantitative estimate of drug-likeness (QED) is 0.599. The van der Waals surface area contributed by atoms with E-state index < -0.39 is 35.5 Å². The SMILES string of the molecule is O=C(CCc1ccccc1)Nc1ccccc1NC(=O)C(F)(F)C(F)(F)C(F)(F)F. The van der Waals surface area contributed by atoms with Gasteiger partial charge >= 0.3 is 23.9 Å². The molecule has 0 aliphatic rings. The van der Waals surface area contributed by atoms with Crippen LogP contribution in [0.5, 0.6) is 0 Å². The van der Waals surface area contributed by atoms with Crippen LogP contribution in [0.3, 0.4) is 0 Å². The third kappa shape index (κ3) is 5.08. The van der Waals surface area contributed by atoms with Crippen LogP contribution in [0.4, 0.5) is 42.1 Å². The molecule has 2 aromatic rings. The summed E-state index contributed by atoms with van der Waals surface area (Å²) < 4.78 is 89.8. The Morgan fingerprint density at radius 3 is 1.77 bits per heavy atom. The van der Waals surface area contributed by atoms with Crippen LogP contribution in [0, 0.1) is 0 Å². The molecule has 0 aromatic heterocycles. The third-order valence-electron chi connectivity index (χ3n) is 3.97. The molecule has 11 heteroatoms. The maximum absolute atomic E-state index is 13.5. The Kier molecular flexibility index (Phi) is 6.73. The second-order valence-electron chi connectivity index (χ2n) is 6.18. The summed E-state index contributed by atoms with van der Waals surface area (Å²) in [6.45, 7) is 0. The summed E-state index contributed by atoms with van der Waals surface area (Å²) in [6, 6.07) is 13.5. The van der Waals surface area contributed by atoms with Crippen molar-refractivity contribution in [1.82, 2.24) is 0 Å². The molecule has 0 heterocycles. The molecule has 0 atom stereocenters. The number of nitrogens with one attached hydrogen (secondary N) is 2. The van der Waals surface area contributed by atoms with Gasteiger partial charge in [-0.25, -0.2) is 0 Å². The fourth-order valence-electron chi connectivity index (χ4n) is 2.34. The summed E-state index contributed by atoms with van der Waals surface area (Å²) in [5.74, 6) is -16.1. The van der Waals surface area contributed by atoms with E-state index in [1.165, 1.54) is 17.4 Å². The highest BCUT2D eigenvalue weighted by Crippen LogP contribution is 2.47. The number of carbonyl (C=O) groups is 2. The predicted molar refractivity (Wildman–Crippen MR) is 94.4 cm³/mol. The van der Waals surface area contributed by atoms with Crippen molar-refractivity contribution in [3.8, 4) is 0 Å². The highest BCUT2D eigenvalue weighted by molar-refractivity contribution is 6.02. The lowest BCUT2D eigenvalue weighted by molar-refractivity contribution is -0.343. The molecule has 0 aliphatic heterocycles. The van der Waals surface area contributed by atoms with Gasteiger partial charge in [-0.05, 0) is 24.1 Å². The number of hydrogen-bond donors (Lipinski definition) is 2. The molecule has 2 N–H and O–H groups in total. The number of aryl methyl sites for hydroxylation is 1. The third-order valence-corrected chi connectivity index (χ3v) is 3.97. The first-order valence-electron chi connectivity index (χ1n) is 8.43. The van der Waals surface area contributed by atoms with E-state index >= 15 is 0 Å². The Morgan fingerprint density at radius 2 is 1.23 bits per heavy atom. The zero-order valence-electron chi connectivity index (χ0n) is 15.1. The van der Waals surface area contributed by atoms with E-state index in [4.69, 9.17) is 0 Å². The van der Waals surface area contributed by atoms with Crippen LogP contribution >= 0.6 is 0 Å². The number of carbonyl (C=O) groups excluding carboxylic acids is 2. The van der Waals surface area contributed by atoms with Crippen molar-refractivity contribution in [2.24, 2.45) is 0 Å². The Morgan fingerprint density at radius 1 is 0.733 bits per heavy atom. The molecule has 0 unspecified atom stereocenters. The van der Waals surface area contributed by atoms with Crippen LogP contribution in [-0.4, -0.2) is 29.8 Å². The number of amides is 2. The van der Waals surface area contributed by atoms with E-state index in [9.17, 15) is 40.3 Å². The zero-order valence-corrected chi connectivity index (χ0v) is 15.1. The molecule has 2 rings (SSSR count). The average molecular weight is 436 g/mol. The van der Waals surface area contributed by atoms with Gasteiger partial charge in [0.25, 0.3) is 0 Å². The number of hydrogen-bond acceptors (Lipinski definition) is 2. The van der Waals surface area contributed by atoms with Gasteiger partial charge in [0.2, 0.25) is 5.91 Å². The van der Waals surface area contributed by atoms with E-state index in [0.717, 1.165) is 17.7 Å².